The molecule has 0 saturated heterocycles. The van der Waals surface area contributed by atoms with E-state index in [-0.39, 0.29) is 12.2 Å². The Morgan fingerprint density at radius 3 is 2.24 bits per heavy atom. The van der Waals surface area contributed by atoms with E-state index in [9.17, 15) is 14.4 Å². The highest BCUT2D eigenvalue weighted by Crippen LogP contribution is 2.16. The summed E-state index contributed by atoms with van der Waals surface area (Å²) < 4.78 is 4.93. The fraction of sp³-hybridized carbons (Fsp3) is 0.0500. The molecule has 5 nitrogen and oxygen atoms in total. The molecule has 0 radical (unpaired) electrons. The Kier molecular flexibility index (Phi) is 4.85. The van der Waals surface area contributed by atoms with Crippen LogP contribution in [-0.2, 0) is 16.1 Å². The van der Waals surface area contributed by atoms with Crippen molar-refractivity contribution in [2.75, 3.05) is 0 Å². The molecule has 124 valence electrons. The average Bonchev–Trinajstić information content (AvgIpc) is 2.66. The number of carbonyl (C=O) groups excluding carboxylic acids is 3. The monoisotopic (exact) mass is 333 g/mol. The summed E-state index contributed by atoms with van der Waals surface area (Å²) in [5, 5.41) is 3.75. The van der Waals surface area contributed by atoms with Crippen molar-refractivity contribution in [1.82, 2.24) is 5.32 Å². The van der Waals surface area contributed by atoms with Gasteiger partial charge in [-0.15, -0.1) is 0 Å². The first kappa shape index (κ1) is 16.4. The van der Waals surface area contributed by atoms with Crippen molar-refractivity contribution in [3.05, 3.63) is 83.9 Å². The van der Waals surface area contributed by atoms with Crippen LogP contribution in [0.3, 0.4) is 0 Å². The standard InChI is InChI=1S/C20H15NO4/c22-18(17-11-10-15-8-4-5-9-16(15)12-17)19(23)21-20(24)25-13-14-6-2-1-3-7-14/h1-12H,13H2,(H,21,23,24). The van der Waals surface area contributed by atoms with Gasteiger partial charge in [-0.25, -0.2) is 4.79 Å². The molecule has 3 aromatic carbocycles. The van der Waals surface area contributed by atoms with Crippen molar-refractivity contribution in [2.45, 2.75) is 6.61 Å². The number of alkyl carbamates (subject to hydrolysis) is 1. The van der Waals surface area contributed by atoms with Gasteiger partial charge in [0.05, 0.1) is 0 Å². The summed E-state index contributed by atoms with van der Waals surface area (Å²) in [5.41, 5.74) is 0.998. The molecule has 0 aromatic heterocycles. The Labute approximate surface area is 144 Å². The fourth-order valence-electron chi connectivity index (χ4n) is 2.37. The third kappa shape index (κ3) is 4.09. The van der Waals surface area contributed by atoms with Gasteiger partial charge in [0.15, 0.2) is 0 Å². The predicted octanol–water partition coefficient (Wildman–Crippen LogP) is 3.48. The van der Waals surface area contributed by atoms with Crippen molar-refractivity contribution in [2.24, 2.45) is 0 Å². The average molecular weight is 333 g/mol. The Hall–Kier alpha value is -3.47. The second-order valence-corrected chi connectivity index (χ2v) is 5.41. The summed E-state index contributed by atoms with van der Waals surface area (Å²) in [7, 11) is 0. The van der Waals surface area contributed by atoms with Crippen LogP contribution < -0.4 is 5.32 Å². The zero-order valence-corrected chi connectivity index (χ0v) is 13.3. The fourth-order valence-corrected chi connectivity index (χ4v) is 2.37. The van der Waals surface area contributed by atoms with Gasteiger partial charge in [0.1, 0.15) is 6.61 Å². The number of benzene rings is 3. The van der Waals surface area contributed by atoms with E-state index in [1.807, 2.05) is 47.8 Å². The van der Waals surface area contributed by atoms with Gasteiger partial charge in [-0.1, -0.05) is 66.7 Å². The number of imide groups is 1. The molecular formula is C20H15NO4. The molecule has 0 atom stereocenters. The Morgan fingerprint density at radius 2 is 1.48 bits per heavy atom. The quantitative estimate of drug-likeness (QED) is 0.586. The Balaban J connectivity index is 1.61. The molecular weight excluding hydrogens is 318 g/mol. The molecule has 5 heteroatoms. The van der Waals surface area contributed by atoms with Crippen LogP contribution in [0.4, 0.5) is 4.79 Å². The summed E-state index contributed by atoms with van der Waals surface area (Å²) in [6, 6.07) is 21.4. The number of hydrogen-bond donors (Lipinski definition) is 1. The molecule has 0 fully saturated rings. The highest BCUT2D eigenvalue weighted by molar-refractivity contribution is 6.44. The summed E-state index contributed by atoms with van der Waals surface area (Å²) >= 11 is 0. The number of rotatable bonds is 4. The number of hydrogen-bond acceptors (Lipinski definition) is 4. The van der Waals surface area contributed by atoms with Crippen LogP contribution in [0.2, 0.25) is 0 Å². The van der Waals surface area contributed by atoms with E-state index in [0.717, 1.165) is 16.3 Å². The Morgan fingerprint density at radius 1 is 0.800 bits per heavy atom. The molecule has 0 heterocycles. The highest BCUT2D eigenvalue weighted by Gasteiger charge is 2.19. The van der Waals surface area contributed by atoms with Crippen LogP contribution in [0.1, 0.15) is 15.9 Å². The van der Waals surface area contributed by atoms with Crippen molar-refractivity contribution >= 4 is 28.6 Å². The number of Topliss-reactive ketones (excluding diaryl/α,β-unsaturated/α-hetero) is 1. The zero-order valence-electron chi connectivity index (χ0n) is 13.3. The minimum Gasteiger partial charge on any atom is -0.444 e. The van der Waals surface area contributed by atoms with Crippen molar-refractivity contribution < 1.29 is 19.1 Å². The minimum atomic E-state index is -1.02. The second-order valence-electron chi connectivity index (χ2n) is 5.41. The van der Waals surface area contributed by atoms with Crippen molar-refractivity contribution in [3.63, 3.8) is 0 Å². The first-order chi connectivity index (χ1) is 12.1. The molecule has 1 N–H and O–H groups in total. The van der Waals surface area contributed by atoms with Gasteiger partial charge in [-0.05, 0) is 22.4 Å². The van der Waals surface area contributed by atoms with Crippen LogP contribution in [0, 0.1) is 0 Å². The van der Waals surface area contributed by atoms with Crippen LogP contribution in [-0.4, -0.2) is 17.8 Å². The van der Waals surface area contributed by atoms with Gasteiger partial charge in [0.25, 0.3) is 5.78 Å². The molecule has 0 saturated carbocycles. The van der Waals surface area contributed by atoms with E-state index in [4.69, 9.17) is 4.74 Å². The van der Waals surface area contributed by atoms with Gasteiger partial charge in [-0.3, -0.25) is 14.9 Å². The molecule has 3 rings (SSSR count). The number of ether oxygens (including phenoxy) is 1. The minimum absolute atomic E-state index is 0.0180. The first-order valence-electron chi connectivity index (χ1n) is 7.68. The lowest BCUT2D eigenvalue weighted by molar-refractivity contribution is -0.116. The van der Waals surface area contributed by atoms with Crippen molar-refractivity contribution in [1.29, 1.82) is 0 Å². The molecule has 0 aliphatic heterocycles. The topological polar surface area (TPSA) is 72.5 Å². The molecule has 3 aromatic rings. The van der Waals surface area contributed by atoms with E-state index in [1.54, 1.807) is 30.3 Å². The summed E-state index contributed by atoms with van der Waals surface area (Å²) in [6.45, 7) is 0.0180. The lowest BCUT2D eigenvalue weighted by Gasteiger charge is -2.06. The predicted molar refractivity (Wildman–Crippen MR) is 93.0 cm³/mol. The van der Waals surface area contributed by atoms with E-state index in [0.29, 0.717) is 0 Å². The van der Waals surface area contributed by atoms with Crippen LogP contribution in [0.5, 0.6) is 0 Å². The van der Waals surface area contributed by atoms with Crippen LogP contribution >= 0.6 is 0 Å². The van der Waals surface area contributed by atoms with E-state index < -0.39 is 17.8 Å². The molecule has 25 heavy (non-hydrogen) atoms. The third-order valence-corrected chi connectivity index (χ3v) is 3.65. The number of ketones is 1. The Bertz CT molecular complexity index is 935. The lowest BCUT2D eigenvalue weighted by atomic mass is 10.0. The summed E-state index contributed by atoms with van der Waals surface area (Å²) in [6.07, 6.45) is -0.956. The maximum Gasteiger partial charge on any atom is 0.414 e. The number of fused-ring (bicyclic) bond motifs is 1. The lowest BCUT2D eigenvalue weighted by Crippen LogP contribution is -2.36. The van der Waals surface area contributed by atoms with Gasteiger partial charge in [-0.2, -0.15) is 0 Å². The van der Waals surface area contributed by atoms with Crippen molar-refractivity contribution in [3.8, 4) is 0 Å². The number of amides is 2. The SMILES string of the molecule is O=C(NC(=O)C(=O)c1ccc2ccccc2c1)OCc1ccccc1. The van der Waals surface area contributed by atoms with E-state index in [1.165, 1.54) is 0 Å². The highest BCUT2D eigenvalue weighted by atomic mass is 16.5. The largest absolute Gasteiger partial charge is 0.444 e. The van der Waals surface area contributed by atoms with Gasteiger partial charge < -0.3 is 4.74 Å². The van der Waals surface area contributed by atoms with Gasteiger partial charge >= 0.3 is 12.0 Å². The molecule has 2 amide bonds. The number of carbonyl (C=O) groups is 3. The van der Waals surface area contributed by atoms with Crippen LogP contribution in [0.15, 0.2) is 72.8 Å². The third-order valence-electron chi connectivity index (χ3n) is 3.65. The molecule has 0 spiro atoms. The zero-order chi connectivity index (χ0) is 17.6. The second kappa shape index (κ2) is 7.40. The van der Waals surface area contributed by atoms with E-state index >= 15 is 0 Å². The molecule has 0 bridgehead atoms. The van der Waals surface area contributed by atoms with Gasteiger partial charge in [0.2, 0.25) is 0 Å². The van der Waals surface area contributed by atoms with Gasteiger partial charge in [0, 0.05) is 5.56 Å². The van der Waals surface area contributed by atoms with E-state index in [2.05, 4.69) is 0 Å². The molecule has 0 unspecified atom stereocenters. The molecule has 0 aliphatic rings. The normalized spacial score (nSPS) is 10.2. The summed E-state index contributed by atoms with van der Waals surface area (Å²) in [4.78, 5) is 35.8. The molecule has 0 aliphatic carbocycles. The smallest absolute Gasteiger partial charge is 0.414 e. The maximum absolute atomic E-state index is 12.2. The first-order valence-corrected chi connectivity index (χ1v) is 7.68. The van der Waals surface area contributed by atoms with Crippen LogP contribution in [0.25, 0.3) is 10.8 Å². The maximum atomic E-state index is 12.2. The number of nitrogens with one attached hydrogen (secondary N) is 1. The summed E-state index contributed by atoms with van der Waals surface area (Å²) in [5.74, 6) is -1.81.